The summed E-state index contributed by atoms with van der Waals surface area (Å²) >= 11 is 0. The highest BCUT2D eigenvalue weighted by Crippen LogP contribution is 2.34. The summed E-state index contributed by atoms with van der Waals surface area (Å²) in [6.07, 6.45) is 0. The van der Waals surface area contributed by atoms with E-state index < -0.39 is 0 Å². The van der Waals surface area contributed by atoms with Gasteiger partial charge in [0.1, 0.15) is 17.3 Å². The molecule has 0 aliphatic heterocycles. The first-order valence-electron chi connectivity index (χ1n) is 8.93. The maximum Gasteiger partial charge on any atom is 0.236 e. The van der Waals surface area contributed by atoms with Crippen molar-refractivity contribution < 1.29 is 5.11 Å². The van der Waals surface area contributed by atoms with Crippen LogP contribution in [0.4, 0.5) is 11.5 Å². The summed E-state index contributed by atoms with van der Waals surface area (Å²) in [5.41, 5.74) is 7.12. The van der Waals surface area contributed by atoms with Crippen LogP contribution in [0, 0.1) is 27.7 Å². The monoisotopic (exact) mass is 358 g/mol. The Hall–Kier alpha value is -3.34. The molecule has 5 heteroatoms. The summed E-state index contributed by atoms with van der Waals surface area (Å²) < 4.78 is 2.04. The van der Waals surface area contributed by atoms with E-state index in [0.29, 0.717) is 5.78 Å². The van der Waals surface area contributed by atoms with Gasteiger partial charge in [0.05, 0.1) is 0 Å². The summed E-state index contributed by atoms with van der Waals surface area (Å²) in [7, 11) is 0. The molecule has 4 rings (SSSR count). The van der Waals surface area contributed by atoms with Crippen LogP contribution in [-0.4, -0.2) is 19.5 Å². The molecule has 0 unspecified atom stereocenters. The van der Waals surface area contributed by atoms with Gasteiger partial charge in [0, 0.05) is 22.6 Å². The molecule has 0 atom stereocenters. The fourth-order valence-corrected chi connectivity index (χ4v) is 3.44. The van der Waals surface area contributed by atoms with Crippen LogP contribution >= 0.6 is 0 Å². The number of phenols is 1. The number of rotatable bonds is 3. The molecular weight excluding hydrogens is 336 g/mol. The molecule has 0 radical (unpaired) electrons. The lowest BCUT2D eigenvalue weighted by molar-refractivity contribution is 0.475. The second kappa shape index (κ2) is 6.43. The van der Waals surface area contributed by atoms with E-state index in [1.165, 1.54) is 11.1 Å². The molecule has 0 fully saturated rings. The Morgan fingerprint density at radius 2 is 1.56 bits per heavy atom. The van der Waals surface area contributed by atoms with Gasteiger partial charge in [-0.3, -0.25) is 4.40 Å². The maximum atomic E-state index is 9.65. The van der Waals surface area contributed by atoms with Crippen molar-refractivity contribution in [2.45, 2.75) is 27.7 Å². The highest BCUT2D eigenvalue weighted by Gasteiger charge is 2.18. The number of nitrogens with one attached hydrogen (secondary N) is 1. The van der Waals surface area contributed by atoms with E-state index in [-0.39, 0.29) is 5.75 Å². The standard InChI is InChI=1S/C22H22N4O/c1-13-6-5-7-14(2)19(13)24-21-20(17-8-10-18(27)11-9-17)25-22-23-15(3)12-16(4)26(21)22/h5-12,24,27H,1-4H3. The van der Waals surface area contributed by atoms with Crippen LogP contribution in [0.25, 0.3) is 17.0 Å². The van der Waals surface area contributed by atoms with Gasteiger partial charge in [0.15, 0.2) is 0 Å². The van der Waals surface area contributed by atoms with E-state index in [2.05, 4.69) is 49.3 Å². The molecule has 0 spiro atoms. The minimum absolute atomic E-state index is 0.233. The molecule has 2 heterocycles. The van der Waals surface area contributed by atoms with Gasteiger partial charge in [-0.25, -0.2) is 9.97 Å². The maximum absolute atomic E-state index is 9.65. The summed E-state index contributed by atoms with van der Waals surface area (Å²) in [5, 5.41) is 13.3. The molecule has 4 aromatic rings. The van der Waals surface area contributed by atoms with Crippen LogP contribution in [-0.2, 0) is 0 Å². The van der Waals surface area contributed by atoms with E-state index in [9.17, 15) is 5.11 Å². The van der Waals surface area contributed by atoms with Gasteiger partial charge < -0.3 is 10.4 Å². The number of aromatic hydroxyl groups is 1. The molecule has 2 N–H and O–H groups in total. The second-order valence-corrected chi connectivity index (χ2v) is 6.92. The lowest BCUT2D eigenvalue weighted by Crippen LogP contribution is -2.03. The zero-order valence-corrected chi connectivity index (χ0v) is 15.9. The van der Waals surface area contributed by atoms with Crippen LogP contribution in [0.5, 0.6) is 5.75 Å². The average molecular weight is 358 g/mol. The van der Waals surface area contributed by atoms with E-state index >= 15 is 0 Å². The third kappa shape index (κ3) is 3.01. The van der Waals surface area contributed by atoms with Crippen molar-refractivity contribution in [2.75, 3.05) is 5.32 Å². The number of hydrogen-bond acceptors (Lipinski definition) is 4. The van der Waals surface area contributed by atoms with Crippen molar-refractivity contribution in [3.8, 4) is 17.0 Å². The molecule has 2 aromatic heterocycles. The first-order valence-corrected chi connectivity index (χ1v) is 8.93. The molecule has 0 saturated heterocycles. The van der Waals surface area contributed by atoms with Crippen LogP contribution in [0.15, 0.2) is 48.5 Å². The molecule has 0 bridgehead atoms. The summed E-state index contributed by atoms with van der Waals surface area (Å²) in [6.45, 7) is 8.21. The van der Waals surface area contributed by atoms with Crippen molar-refractivity contribution in [1.82, 2.24) is 14.4 Å². The number of fused-ring (bicyclic) bond motifs is 1. The summed E-state index contributed by atoms with van der Waals surface area (Å²) in [5.74, 6) is 1.76. The molecule has 5 nitrogen and oxygen atoms in total. The highest BCUT2D eigenvalue weighted by atomic mass is 16.3. The Labute approximate surface area is 158 Å². The number of nitrogens with zero attached hydrogens (tertiary/aromatic N) is 3. The average Bonchev–Trinajstić information content (AvgIpc) is 2.97. The van der Waals surface area contributed by atoms with E-state index in [0.717, 1.165) is 34.2 Å². The molecule has 0 aliphatic carbocycles. The van der Waals surface area contributed by atoms with Crippen LogP contribution < -0.4 is 5.32 Å². The zero-order valence-electron chi connectivity index (χ0n) is 15.9. The summed E-state index contributed by atoms with van der Waals surface area (Å²) in [6, 6.07) is 15.4. The fraction of sp³-hybridized carbons (Fsp3) is 0.182. The highest BCUT2D eigenvalue weighted by molar-refractivity contribution is 5.81. The number of aryl methyl sites for hydroxylation is 4. The van der Waals surface area contributed by atoms with Crippen LogP contribution in [0.2, 0.25) is 0 Å². The quantitative estimate of drug-likeness (QED) is 0.536. The van der Waals surface area contributed by atoms with Gasteiger partial charge in [0.2, 0.25) is 5.78 Å². The second-order valence-electron chi connectivity index (χ2n) is 6.92. The fourth-order valence-electron chi connectivity index (χ4n) is 3.44. The Kier molecular flexibility index (Phi) is 4.07. The van der Waals surface area contributed by atoms with Crippen molar-refractivity contribution in [3.63, 3.8) is 0 Å². The van der Waals surface area contributed by atoms with Gasteiger partial charge in [-0.15, -0.1) is 0 Å². The lowest BCUT2D eigenvalue weighted by Gasteiger charge is -2.15. The summed E-state index contributed by atoms with van der Waals surface area (Å²) in [4.78, 5) is 9.41. The molecule has 136 valence electrons. The van der Waals surface area contributed by atoms with Gasteiger partial charge in [-0.1, -0.05) is 18.2 Å². The predicted octanol–water partition coefficient (Wildman–Crippen LogP) is 5.08. The SMILES string of the molecule is Cc1cc(C)n2c(Nc3c(C)cccc3C)c(-c3ccc(O)cc3)nc2n1. The number of anilines is 2. The van der Waals surface area contributed by atoms with Crippen molar-refractivity contribution in [1.29, 1.82) is 0 Å². The third-order valence-corrected chi connectivity index (χ3v) is 4.77. The Bertz CT molecular complexity index is 1120. The Balaban J connectivity index is 1.99. The molecule has 0 aliphatic rings. The number of hydrogen-bond donors (Lipinski definition) is 2. The van der Waals surface area contributed by atoms with E-state index in [1.54, 1.807) is 12.1 Å². The van der Waals surface area contributed by atoms with Crippen molar-refractivity contribution in [2.24, 2.45) is 0 Å². The molecule has 0 amide bonds. The number of phenolic OH excluding ortho intramolecular Hbond substituents is 1. The minimum atomic E-state index is 0.233. The molecule has 2 aromatic carbocycles. The van der Waals surface area contributed by atoms with Gasteiger partial charge in [-0.2, -0.15) is 0 Å². The third-order valence-electron chi connectivity index (χ3n) is 4.77. The van der Waals surface area contributed by atoms with Gasteiger partial charge >= 0.3 is 0 Å². The van der Waals surface area contributed by atoms with Crippen molar-refractivity contribution in [3.05, 3.63) is 71.0 Å². The molecule has 27 heavy (non-hydrogen) atoms. The van der Waals surface area contributed by atoms with Crippen LogP contribution in [0.3, 0.4) is 0 Å². The Morgan fingerprint density at radius 1 is 0.889 bits per heavy atom. The zero-order chi connectivity index (χ0) is 19.1. The van der Waals surface area contributed by atoms with Crippen LogP contribution in [0.1, 0.15) is 22.5 Å². The van der Waals surface area contributed by atoms with Gasteiger partial charge in [0.25, 0.3) is 0 Å². The number of imidazole rings is 1. The topological polar surface area (TPSA) is 62.5 Å². The van der Waals surface area contributed by atoms with Gasteiger partial charge in [-0.05, 0) is 69.2 Å². The first-order chi connectivity index (χ1) is 12.9. The lowest BCUT2D eigenvalue weighted by atomic mass is 10.1. The van der Waals surface area contributed by atoms with E-state index in [4.69, 9.17) is 4.98 Å². The number of aromatic nitrogens is 3. The molecule has 0 saturated carbocycles. The normalized spacial score (nSPS) is 11.1. The largest absolute Gasteiger partial charge is 0.508 e. The predicted molar refractivity (Wildman–Crippen MR) is 109 cm³/mol. The molecular formula is C22H22N4O. The van der Waals surface area contributed by atoms with E-state index in [1.807, 2.05) is 29.5 Å². The van der Waals surface area contributed by atoms with Crippen molar-refractivity contribution >= 4 is 17.3 Å². The number of benzene rings is 2. The smallest absolute Gasteiger partial charge is 0.236 e. The first kappa shape index (κ1) is 17.1. The minimum Gasteiger partial charge on any atom is -0.508 e. The number of para-hydroxylation sites is 1. The Morgan fingerprint density at radius 3 is 2.22 bits per heavy atom.